The monoisotopic (exact) mass is 279 g/mol. The van der Waals surface area contributed by atoms with Crippen LogP contribution in [0.5, 0.6) is 5.75 Å². The van der Waals surface area contributed by atoms with E-state index >= 15 is 0 Å². The van der Waals surface area contributed by atoms with Gasteiger partial charge in [0.25, 0.3) is 0 Å². The third-order valence-electron chi connectivity index (χ3n) is 3.52. The van der Waals surface area contributed by atoms with Gasteiger partial charge in [-0.05, 0) is 38.4 Å². The van der Waals surface area contributed by atoms with Gasteiger partial charge in [-0.1, -0.05) is 17.7 Å². The number of β-amino-alcohol motifs (C(OH)–C–C–N with tert-alkyl or cyclic N) is 1. The number of ether oxygens (including phenoxy) is 1. The number of aliphatic hydroxyl groups is 1. The third kappa shape index (κ3) is 4.21. The summed E-state index contributed by atoms with van der Waals surface area (Å²) in [7, 11) is 0. The van der Waals surface area contributed by atoms with Crippen molar-refractivity contribution in [3.63, 3.8) is 0 Å². The van der Waals surface area contributed by atoms with Crippen molar-refractivity contribution in [3.05, 3.63) is 29.8 Å². The Morgan fingerprint density at radius 3 is 2.75 bits per heavy atom. The maximum atomic E-state index is 10.7. The minimum Gasteiger partial charge on any atom is -0.491 e. The average molecular weight is 279 g/mol. The molecule has 0 saturated carbocycles. The first-order valence-corrected chi connectivity index (χ1v) is 6.83. The highest BCUT2D eigenvalue weighted by Gasteiger charge is 2.34. The molecular formula is C15H21NO4. The summed E-state index contributed by atoms with van der Waals surface area (Å²) >= 11 is 0. The van der Waals surface area contributed by atoms with Gasteiger partial charge in [0, 0.05) is 6.54 Å². The van der Waals surface area contributed by atoms with E-state index in [1.54, 1.807) is 4.90 Å². The highest BCUT2D eigenvalue weighted by atomic mass is 16.5. The number of carboxylic acid groups (broad SMARTS) is 1. The molecule has 1 saturated heterocycles. The van der Waals surface area contributed by atoms with E-state index in [0.717, 1.165) is 17.7 Å². The molecule has 0 aliphatic carbocycles. The SMILES string of the molecule is Cc1ccc(OCC2(O)CCCN(CC(=O)O)C2)cc1. The number of piperidine rings is 1. The van der Waals surface area contributed by atoms with Crippen molar-refractivity contribution < 1.29 is 19.7 Å². The van der Waals surface area contributed by atoms with E-state index < -0.39 is 11.6 Å². The molecule has 110 valence electrons. The number of nitrogens with zero attached hydrogens (tertiary/aromatic N) is 1. The van der Waals surface area contributed by atoms with Crippen LogP contribution in [0.2, 0.25) is 0 Å². The second kappa shape index (κ2) is 6.24. The number of hydrogen-bond acceptors (Lipinski definition) is 4. The first-order chi connectivity index (χ1) is 9.47. The average Bonchev–Trinajstić information content (AvgIpc) is 2.37. The van der Waals surface area contributed by atoms with Gasteiger partial charge < -0.3 is 14.9 Å². The Labute approximate surface area is 118 Å². The molecule has 1 atom stereocenters. The smallest absolute Gasteiger partial charge is 0.317 e. The highest BCUT2D eigenvalue weighted by Crippen LogP contribution is 2.23. The second-order valence-corrected chi connectivity index (χ2v) is 5.53. The quantitative estimate of drug-likeness (QED) is 0.850. The van der Waals surface area contributed by atoms with Gasteiger partial charge in [0.15, 0.2) is 0 Å². The molecule has 1 aliphatic heterocycles. The van der Waals surface area contributed by atoms with E-state index in [4.69, 9.17) is 9.84 Å². The normalized spacial score (nSPS) is 23.5. The van der Waals surface area contributed by atoms with Crippen LogP contribution in [-0.4, -0.2) is 52.9 Å². The zero-order valence-corrected chi connectivity index (χ0v) is 11.7. The van der Waals surface area contributed by atoms with Gasteiger partial charge in [-0.25, -0.2) is 0 Å². The van der Waals surface area contributed by atoms with Gasteiger partial charge in [-0.2, -0.15) is 0 Å². The third-order valence-corrected chi connectivity index (χ3v) is 3.52. The van der Waals surface area contributed by atoms with E-state index in [0.29, 0.717) is 19.5 Å². The first kappa shape index (κ1) is 14.8. The molecule has 5 heteroatoms. The Balaban J connectivity index is 1.89. The van der Waals surface area contributed by atoms with E-state index in [2.05, 4.69) is 0 Å². The molecule has 0 radical (unpaired) electrons. The molecule has 0 amide bonds. The Bertz CT molecular complexity index is 459. The first-order valence-electron chi connectivity index (χ1n) is 6.83. The topological polar surface area (TPSA) is 70.0 Å². The molecule has 0 aromatic heterocycles. The number of hydrogen-bond donors (Lipinski definition) is 2. The Morgan fingerprint density at radius 2 is 2.10 bits per heavy atom. The number of aliphatic carboxylic acids is 1. The summed E-state index contributed by atoms with van der Waals surface area (Å²) in [5.41, 5.74) is 0.180. The van der Waals surface area contributed by atoms with Gasteiger partial charge in [-0.15, -0.1) is 0 Å². The zero-order chi connectivity index (χ0) is 14.6. The molecule has 1 fully saturated rings. The largest absolute Gasteiger partial charge is 0.491 e. The second-order valence-electron chi connectivity index (χ2n) is 5.53. The summed E-state index contributed by atoms with van der Waals surface area (Å²) in [6.45, 7) is 3.20. The lowest BCUT2D eigenvalue weighted by Crippen LogP contribution is -2.52. The van der Waals surface area contributed by atoms with Crippen molar-refractivity contribution >= 4 is 5.97 Å². The summed E-state index contributed by atoms with van der Waals surface area (Å²) in [5, 5.41) is 19.3. The molecular weight excluding hydrogens is 258 g/mol. The fraction of sp³-hybridized carbons (Fsp3) is 0.533. The molecule has 0 spiro atoms. The number of benzene rings is 1. The van der Waals surface area contributed by atoms with Crippen molar-refractivity contribution in [2.24, 2.45) is 0 Å². The van der Waals surface area contributed by atoms with Crippen LogP contribution in [0.25, 0.3) is 0 Å². The number of carboxylic acids is 1. The van der Waals surface area contributed by atoms with Crippen molar-refractivity contribution in [1.82, 2.24) is 4.90 Å². The summed E-state index contributed by atoms with van der Waals surface area (Å²) < 4.78 is 5.63. The van der Waals surface area contributed by atoms with Crippen LogP contribution in [-0.2, 0) is 4.79 Å². The zero-order valence-electron chi connectivity index (χ0n) is 11.7. The highest BCUT2D eigenvalue weighted by molar-refractivity contribution is 5.69. The van der Waals surface area contributed by atoms with Crippen molar-refractivity contribution in [1.29, 1.82) is 0 Å². The number of likely N-dealkylation sites (tertiary alicyclic amines) is 1. The van der Waals surface area contributed by atoms with Crippen LogP contribution < -0.4 is 4.74 Å². The molecule has 1 unspecified atom stereocenters. The minimum absolute atomic E-state index is 0.0349. The Morgan fingerprint density at radius 1 is 1.40 bits per heavy atom. The number of carbonyl (C=O) groups is 1. The maximum absolute atomic E-state index is 10.7. The van der Waals surface area contributed by atoms with Gasteiger partial charge in [0.1, 0.15) is 18.0 Å². The van der Waals surface area contributed by atoms with Gasteiger partial charge in [0.2, 0.25) is 0 Å². The van der Waals surface area contributed by atoms with Crippen LogP contribution in [0, 0.1) is 6.92 Å². The molecule has 1 heterocycles. The van der Waals surface area contributed by atoms with Crippen molar-refractivity contribution in [2.75, 3.05) is 26.2 Å². The number of aryl methyl sites for hydroxylation is 1. The predicted octanol–water partition coefficient (Wildman–Crippen LogP) is 1.29. The van der Waals surface area contributed by atoms with Crippen LogP contribution in [0.15, 0.2) is 24.3 Å². The van der Waals surface area contributed by atoms with Gasteiger partial charge in [-0.3, -0.25) is 9.69 Å². The van der Waals surface area contributed by atoms with Gasteiger partial charge in [0.05, 0.1) is 6.54 Å². The molecule has 0 bridgehead atoms. The standard InChI is InChI=1S/C15H21NO4/c1-12-3-5-13(6-4-12)20-11-15(19)7-2-8-16(10-15)9-14(17)18/h3-6,19H,2,7-11H2,1H3,(H,17,18). The van der Waals surface area contributed by atoms with Crippen molar-refractivity contribution in [2.45, 2.75) is 25.4 Å². The van der Waals surface area contributed by atoms with Crippen LogP contribution in [0.4, 0.5) is 0 Å². The Kier molecular flexibility index (Phi) is 4.62. The lowest BCUT2D eigenvalue weighted by atomic mass is 9.94. The fourth-order valence-electron chi connectivity index (χ4n) is 2.50. The molecule has 2 N–H and O–H groups in total. The van der Waals surface area contributed by atoms with E-state index in [1.165, 1.54) is 0 Å². The fourth-order valence-corrected chi connectivity index (χ4v) is 2.50. The lowest BCUT2D eigenvalue weighted by molar-refractivity contribution is -0.140. The van der Waals surface area contributed by atoms with E-state index in [-0.39, 0.29) is 13.2 Å². The number of rotatable bonds is 5. The maximum Gasteiger partial charge on any atom is 0.317 e. The van der Waals surface area contributed by atoms with Gasteiger partial charge >= 0.3 is 5.97 Å². The summed E-state index contributed by atoms with van der Waals surface area (Å²) in [6, 6.07) is 7.65. The van der Waals surface area contributed by atoms with Crippen LogP contribution in [0.1, 0.15) is 18.4 Å². The molecule has 20 heavy (non-hydrogen) atoms. The lowest BCUT2D eigenvalue weighted by Gasteiger charge is -2.38. The summed E-state index contributed by atoms with van der Waals surface area (Å²) in [6.07, 6.45) is 1.41. The minimum atomic E-state index is -0.974. The Hall–Kier alpha value is -1.59. The molecule has 1 aliphatic rings. The van der Waals surface area contributed by atoms with Crippen LogP contribution in [0.3, 0.4) is 0 Å². The van der Waals surface area contributed by atoms with E-state index in [1.807, 2.05) is 31.2 Å². The molecule has 1 aromatic rings. The molecule has 2 rings (SSSR count). The van der Waals surface area contributed by atoms with E-state index in [9.17, 15) is 9.90 Å². The summed E-state index contributed by atoms with van der Waals surface area (Å²) in [4.78, 5) is 12.5. The predicted molar refractivity (Wildman–Crippen MR) is 74.9 cm³/mol. The molecule has 5 nitrogen and oxygen atoms in total. The van der Waals surface area contributed by atoms with Crippen LogP contribution >= 0.6 is 0 Å². The summed E-state index contributed by atoms with van der Waals surface area (Å²) in [5.74, 6) is -0.145. The van der Waals surface area contributed by atoms with Crippen molar-refractivity contribution in [3.8, 4) is 5.75 Å². The molecule has 1 aromatic carbocycles.